The molecule has 5 heteroatoms. The first-order valence-electron chi connectivity index (χ1n) is 4.59. The smallest absolute Gasteiger partial charge is 0.251 e. The zero-order valence-electron chi connectivity index (χ0n) is 8.42. The van der Waals surface area contributed by atoms with E-state index in [-0.39, 0.29) is 5.56 Å². The number of rotatable bonds is 1. The highest BCUT2D eigenvalue weighted by Crippen LogP contribution is 2.25. The minimum Gasteiger partial charge on any atom is -0.311 e. The van der Waals surface area contributed by atoms with Crippen molar-refractivity contribution < 1.29 is 0 Å². The maximum Gasteiger partial charge on any atom is 0.251 e. The van der Waals surface area contributed by atoms with E-state index in [4.69, 9.17) is 23.2 Å². The maximum absolute atomic E-state index is 11.3. The van der Waals surface area contributed by atoms with E-state index in [1.54, 1.807) is 25.1 Å². The summed E-state index contributed by atoms with van der Waals surface area (Å²) in [5.41, 5.74) is 1.09. The van der Waals surface area contributed by atoms with Gasteiger partial charge in [-0.2, -0.15) is 0 Å². The lowest BCUT2D eigenvalue weighted by atomic mass is 10.1. The molecule has 16 heavy (non-hydrogen) atoms. The fraction of sp³-hybridized carbons (Fsp3) is 0.0909. The molecule has 0 radical (unpaired) electrons. The Bertz CT molecular complexity index is 573. The molecule has 0 spiro atoms. The van der Waals surface area contributed by atoms with E-state index in [2.05, 4.69) is 9.97 Å². The summed E-state index contributed by atoms with van der Waals surface area (Å²) < 4.78 is 0. The normalized spacial score (nSPS) is 10.4. The van der Waals surface area contributed by atoms with Crippen LogP contribution < -0.4 is 5.56 Å². The second kappa shape index (κ2) is 4.28. The molecule has 0 fully saturated rings. The number of aryl methyl sites for hydroxylation is 1. The van der Waals surface area contributed by atoms with Crippen molar-refractivity contribution in [3.63, 3.8) is 0 Å². The molecule has 0 atom stereocenters. The number of hydrogen-bond acceptors (Lipinski definition) is 2. The maximum atomic E-state index is 11.3. The van der Waals surface area contributed by atoms with Gasteiger partial charge >= 0.3 is 0 Å². The van der Waals surface area contributed by atoms with Gasteiger partial charge in [-0.15, -0.1) is 0 Å². The molecule has 0 amide bonds. The molecular weight excluding hydrogens is 247 g/mol. The molecule has 1 N–H and O–H groups in total. The third-order valence-electron chi connectivity index (χ3n) is 2.02. The summed E-state index contributed by atoms with van der Waals surface area (Å²) >= 11 is 11.8. The van der Waals surface area contributed by atoms with Crippen LogP contribution in [0.1, 0.15) is 5.82 Å². The van der Waals surface area contributed by atoms with Crippen molar-refractivity contribution in [1.82, 2.24) is 9.97 Å². The molecule has 1 aromatic carbocycles. The van der Waals surface area contributed by atoms with Gasteiger partial charge in [0.05, 0.1) is 5.69 Å². The van der Waals surface area contributed by atoms with Crippen molar-refractivity contribution in [2.45, 2.75) is 6.92 Å². The molecule has 0 bridgehead atoms. The van der Waals surface area contributed by atoms with Crippen molar-refractivity contribution in [1.29, 1.82) is 0 Å². The number of hydrogen-bond donors (Lipinski definition) is 1. The minimum absolute atomic E-state index is 0.196. The average molecular weight is 255 g/mol. The van der Waals surface area contributed by atoms with E-state index in [1.165, 1.54) is 6.07 Å². The van der Waals surface area contributed by atoms with E-state index >= 15 is 0 Å². The molecule has 2 rings (SSSR count). The zero-order chi connectivity index (χ0) is 11.7. The summed E-state index contributed by atoms with van der Waals surface area (Å²) in [7, 11) is 0. The standard InChI is InChI=1S/C11H8Cl2N2O/c1-6-14-10(5-11(16)15-6)7-2-8(12)4-9(13)3-7/h2-5H,1H3,(H,14,15,16). The van der Waals surface area contributed by atoms with Crippen LogP contribution in [0.3, 0.4) is 0 Å². The summed E-state index contributed by atoms with van der Waals surface area (Å²) in [6.45, 7) is 1.72. The van der Waals surface area contributed by atoms with Crippen LogP contribution in [0.5, 0.6) is 0 Å². The highest BCUT2D eigenvalue weighted by molar-refractivity contribution is 6.35. The highest BCUT2D eigenvalue weighted by atomic mass is 35.5. The molecule has 1 aromatic heterocycles. The minimum atomic E-state index is -0.196. The first-order valence-corrected chi connectivity index (χ1v) is 5.34. The summed E-state index contributed by atoms with van der Waals surface area (Å²) in [5.74, 6) is 0.554. The molecule has 0 aliphatic carbocycles. The largest absolute Gasteiger partial charge is 0.311 e. The van der Waals surface area contributed by atoms with Crippen LogP contribution in [0.2, 0.25) is 10.0 Å². The van der Waals surface area contributed by atoms with Gasteiger partial charge in [0.2, 0.25) is 0 Å². The number of benzene rings is 1. The van der Waals surface area contributed by atoms with Gasteiger partial charge in [-0.3, -0.25) is 4.79 Å². The van der Waals surface area contributed by atoms with Gasteiger partial charge in [0.15, 0.2) is 0 Å². The van der Waals surface area contributed by atoms with E-state index in [0.29, 0.717) is 21.6 Å². The second-order valence-corrected chi connectivity index (χ2v) is 4.25. The Labute approximate surface area is 102 Å². The lowest BCUT2D eigenvalue weighted by Crippen LogP contribution is -2.08. The Morgan fingerprint density at radius 2 is 1.75 bits per heavy atom. The predicted octanol–water partition coefficient (Wildman–Crippen LogP) is 3.05. The topological polar surface area (TPSA) is 45.8 Å². The van der Waals surface area contributed by atoms with Crippen molar-refractivity contribution >= 4 is 23.2 Å². The molecule has 3 nitrogen and oxygen atoms in total. The lowest BCUT2D eigenvalue weighted by molar-refractivity contribution is 1.02. The van der Waals surface area contributed by atoms with Crippen LogP contribution >= 0.6 is 23.2 Å². The van der Waals surface area contributed by atoms with Gasteiger partial charge in [0, 0.05) is 21.7 Å². The molecule has 1 heterocycles. The Hall–Kier alpha value is -1.32. The molecule has 82 valence electrons. The molecule has 0 unspecified atom stereocenters. The Morgan fingerprint density at radius 3 is 2.31 bits per heavy atom. The van der Waals surface area contributed by atoms with Gasteiger partial charge in [0.1, 0.15) is 5.82 Å². The lowest BCUT2D eigenvalue weighted by Gasteiger charge is -2.03. The molecule has 2 aromatic rings. The molecular formula is C11H8Cl2N2O. The van der Waals surface area contributed by atoms with E-state index in [9.17, 15) is 4.79 Å². The van der Waals surface area contributed by atoms with Crippen LogP contribution in [0.15, 0.2) is 29.1 Å². The number of aromatic amines is 1. The fourth-order valence-corrected chi connectivity index (χ4v) is 1.96. The first-order chi connectivity index (χ1) is 7.54. The third kappa shape index (κ3) is 2.43. The van der Waals surface area contributed by atoms with E-state index in [0.717, 1.165) is 5.56 Å². The van der Waals surface area contributed by atoms with Gasteiger partial charge in [0.25, 0.3) is 5.56 Å². The quantitative estimate of drug-likeness (QED) is 0.851. The fourth-order valence-electron chi connectivity index (χ4n) is 1.43. The van der Waals surface area contributed by atoms with Gasteiger partial charge in [-0.1, -0.05) is 23.2 Å². The van der Waals surface area contributed by atoms with E-state index in [1.807, 2.05) is 0 Å². The van der Waals surface area contributed by atoms with Crippen molar-refractivity contribution in [2.75, 3.05) is 0 Å². The molecule has 0 saturated heterocycles. The summed E-state index contributed by atoms with van der Waals surface area (Å²) in [5, 5.41) is 1.03. The summed E-state index contributed by atoms with van der Waals surface area (Å²) in [4.78, 5) is 18.1. The Kier molecular flexibility index (Phi) is 2.99. The van der Waals surface area contributed by atoms with Crippen LogP contribution in [-0.2, 0) is 0 Å². The van der Waals surface area contributed by atoms with Crippen LogP contribution in [0.25, 0.3) is 11.3 Å². The number of nitrogens with zero attached hydrogens (tertiary/aromatic N) is 1. The SMILES string of the molecule is Cc1nc(-c2cc(Cl)cc(Cl)c2)cc(=O)[nH]1. The second-order valence-electron chi connectivity index (χ2n) is 3.37. The van der Waals surface area contributed by atoms with Crippen LogP contribution in [0.4, 0.5) is 0 Å². The number of nitrogens with one attached hydrogen (secondary N) is 1. The van der Waals surface area contributed by atoms with Crippen molar-refractivity contribution in [2.24, 2.45) is 0 Å². The average Bonchev–Trinajstić information content (AvgIpc) is 2.14. The van der Waals surface area contributed by atoms with Gasteiger partial charge in [-0.25, -0.2) is 4.98 Å². The summed E-state index contributed by atoms with van der Waals surface area (Å²) in [6.07, 6.45) is 0. The first kappa shape index (κ1) is 11.2. The molecule has 0 aliphatic heterocycles. The zero-order valence-corrected chi connectivity index (χ0v) is 9.93. The molecule has 0 saturated carbocycles. The van der Waals surface area contributed by atoms with E-state index < -0.39 is 0 Å². The Balaban J connectivity index is 2.62. The monoisotopic (exact) mass is 254 g/mol. The van der Waals surface area contributed by atoms with Crippen molar-refractivity contribution in [3.05, 3.63) is 50.5 Å². The van der Waals surface area contributed by atoms with Gasteiger partial charge < -0.3 is 4.98 Å². The van der Waals surface area contributed by atoms with Crippen LogP contribution in [-0.4, -0.2) is 9.97 Å². The van der Waals surface area contributed by atoms with Crippen LogP contribution in [0, 0.1) is 6.92 Å². The third-order valence-corrected chi connectivity index (χ3v) is 2.45. The number of halogens is 2. The highest BCUT2D eigenvalue weighted by Gasteiger charge is 2.04. The van der Waals surface area contributed by atoms with Crippen molar-refractivity contribution in [3.8, 4) is 11.3 Å². The molecule has 0 aliphatic rings. The van der Waals surface area contributed by atoms with Gasteiger partial charge in [-0.05, 0) is 25.1 Å². The summed E-state index contributed by atoms with van der Waals surface area (Å²) in [6, 6.07) is 6.48. The Morgan fingerprint density at radius 1 is 1.12 bits per heavy atom. The number of H-pyrrole nitrogens is 1. The number of aromatic nitrogens is 2. The predicted molar refractivity (Wildman–Crippen MR) is 65.1 cm³/mol.